The van der Waals surface area contributed by atoms with Gasteiger partial charge < -0.3 is 5.73 Å². The molecule has 3 aromatic rings. The highest BCUT2D eigenvalue weighted by Crippen LogP contribution is 2.21. The predicted molar refractivity (Wildman–Crippen MR) is 82.6 cm³/mol. The molecule has 0 radical (unpaired) electrons. The fourth-order valence-corrected chi connectivity index (χ4v) is 2.22. The second-order valence-corrected chi connectivity index (χ2v) is 5.20. The third-order valence-electron chi connectivity index (χ3n) is 3.21. The first-order valence-corrected chi connectivity index (χ1v) is 6.82. The number of nitrogens with zero attached hydrogens (tertiary/aromatic N) is 2. The van der Waals surface area contributed by atoms with Crippen molar-refractivity contribution in [1.82, 2.24) is 9.78 Å². The van der Waals surface area contributed by atoms with Gasteiger partial charge in [-0.3, -0.25) is 4.68 Å². The maximum Gasteiger partial charge on any atom is 0.142 e. The zero-order valence-corrected chi connectivity index (χ0v) is 11.9. The minimum absolute atomic E-state index is 0.127. The summed E-state index contributed by atoms with van der Waals surface area (Å²) in [6.07, 6.45) is 3.69. The molecule has 2 aromatic carbocycles. The largest absolute Gasteiger partial charge is 0.399 e. The Balaban J connectivity index is 1.81. The minimum atomic E-state index is -0.417. The lowest BCUT2D eigenvalue weighted by molar-refractivity contribution is 0.619. The predicted octanol–water partition coefficient (Wildman–Crippen LogP) is 3.97. The lowest BCUT2D eigenvalue weighted by Crippen LogP contribution is -2.00. The van der Waals surface area contributed by atoms with E-state index in [4.69, 9.17) is 17.3 Å². The second kappa shape index (κ2) is 5.58. The topological polar surface area (TPSA) is 43.8 Å². The second-order valence-electron chi connectivity index (χ2n) is 4.80. The fraction of sp³-hybridized carbons (Fsp3) is 0.0625. The Bertz CT molecular complexity index is 765. The van der Waals surface area contributed by atoms with Crippen LogP contribution in [0, 0.1) is 5.82 Å². The summed E-state index contributed by atoms with van der Waals surface area (Å²) in [5, 5.41) is 4.42. The molecule has 5 heteroatoms. The third kappa shape index (κ3) is 3.06. The van der Waals surface area contributed by atoms with Gasteiger partial charge in [0.15, 0.2) is 0 Å². The Labute approximate surface area is 126 Å². The molecule has 0 atom stereocenters. The first-order valence-electron chi connectivity index (χ1n) is 6.44. The van der Waals surface area contributed by atoms with Crippen molar-refractivity contribution in [1.29, 1.82) is 0 Å². The molecule has 0 saturated carbocycles. The van der Waals surface area contributed by atoms with Crippen LogP contribution in [0.15, 0.2) is 54.9 Å². The van der Waals surface area contributed by atoms with E-state index in [1.807, 2.05) is 30.5 Å². The Hall–Kier alpha value is -2.33. The van der Waals surface area contributed by atoms with Crippen LogP contribution >= 0.6 is 11.6 Å². The summed E-state index contributed by atoms with van der Waals surface area (Å²) in [5.41, 5.74) is 9.24. The molecular weight excluding hydrogens is 289 g/mol. The summed E-state index contributed by atoms with van der Waals surface area (Å²) in [5.74, 6) is -0.417. The lowest BCUT2D eigenvalue weighted by Gasteiger charge is -2.03. The number of rotatable bonds is 3. The third-order valence-corrected chi connectivity index (χ3v) is 3.51. The molecule has 3 nitrogen and oxygen atoms in total. The van der Waals surface area contributed by atoms with E-state index < -0.39 is 5.82 Å². The van der Waals surface area contributed by atoms with E-state index in [9.17, 15) is 4.39 Å². The molecule has 3 rings (SSSR count). The summed E-state index contributed by atoms with van der Waals surface area (Å²) in [6, 6.07) is 12.3. The number of anilines is 1. The van der Waals surface area contributed by atoms with E-state index in [0.717, 1.165) is 22.4 Å². The van der Waals surface area contributed by atoms with Gasteiger partial charge in [0.1, 0.15) is 5.82 Å². The van der Waals surface area contributed by atoms with Gasteiger partial charge >= 0.3 is 0 Å². The number of aromatic nitrogens is 2. The van der Waals surface area contributed by atoms with Crippen molar-refractivity contribution in [3.8, 4) is 11.1 Å². The minimum Gasteiger partial charge on any atom is -0.399 e. The molecular formula is C16H13ClFN3. The van der Waals surface area contributed by atoms with Gasteiger partial charge in [0, 0.05) is 17.4 Å². The Morgan fingerprint density at radius 1 is 1.10 bits per heavy atom. The maximum atomic E-state index is 13.4. The van der Waals surface area contributed by atoms with Gasteiger partial charge in [-0.2, -0.15) is 5.10 Å². The van der Waals surface area contributed by atoms with Crippen molar-refractivity contribution in [3.63, 3.8) is 0 Å². The summed E-state index contributed by atoms with van der Waals surface area (Å²) >= 11 is 5.67. The molecule has 0 saturated heterocycles. The van der Waals surface area contributed by atoms with Gasteiger partial charge in [-0.25, -0.2) is 4.39 Å². The van der Waals surface area contributed by atoms with E-state index in [1.54, 1.807) is 23.0 Å². The number of nitrogens with two attached hydrogens (primary N) is 1. The first kappa shape index (κ1) is 13.6. The molecule has 0 unspecified atom stereocenters. The van der Waals surface area contributed by atoms with E-state index in [0.29, 0.717) is 6.54 Å². The average Bonchev–Trinajstić information content (AvgIpc) is 2.92. The first-order chi connectivity index (χ1) is 10.1. The molecule has 1 aromatic heterocycles. The molecule has 0 bridgehead atoms. The SMILES string of the molecule is Nc1ccc(-c2cnn(Cc3ccc(Cl)c(F)c3)c2)cc1. The zero-order valence-electron chi connectivity index (χ0n) is 11.1. The molecule has 106 valence electrons. The van der Waals surface area contributed by atoms with Crippen LogP contribution in [0.2, 0.25) is 5.02 Å². The van der Waals surface area contributed by atoms with Gasteiger partial charge in [-0.1, -0.05) is 29.8 Å². The quantitative estimate of drug-likeness (QED) is 0.744. The molecule has 0 aliphatic carbocycles. The zero-order chi connectivity index (χ0) is 14.8. The summed E-state index contributed by atoms with van der Waals surface area (Å²) in [4.78, 5) is 0. The van der Waals surface area contributed by atoms with E-state index in [1.165, 1.54) is 6.07 Å². The molecule has 0 fully saturated rings. The number of hydrogen-bond acceptors (Lipinski definition) is 2. The number of benzene rings is 2. The highest BCUT2D eigenvalue weighted by molar-refractivity contribution is 6.30. The van der Waals surface area contributed by atoms with Crippen LogP contribution in [-0.4, -0.2) is 9.78 Å². The van der Waals surface area contributed by atoms with Crippen molar-refractivity contribution in [3.05, 3.63) is 71.3 Å². The fourth-order valence-electron chi connectivity index (χ4n) is 2.10. The van der Waals surface area contributed by atoms with E-state index in [-0.39, 0.29) is 5.02 Å². The standard InChI is InChI=1S/C16H13ClFN3/c17-15-6-1-11(7-16(15)18)9-21-10-13(8-20-21)12-2-4-14(19)5-3-12/h1-8,10H,9,19H2. The normalized spacial score (nSPS) is 10.8. The van der Waals surface area contributed by atoms with Crippen LogP contribution in [-0.2, 0) is 6.54 Å². The van der Waals surface area contributed by atoms with E-state index in [2.05, 4.69) is 5.10 Å². The highest BCUT2D eigenvalue weighted by Gasteiger charge is 2.05. The van der Waals surface area contributed by atoms with Crippen molar-refractivity contribution in [2.24, 2.45) is 0 Å². The van der Waals surface area contributed by atoms with Crippen LogP contribution < -0.4 is 5.73 Å². The molecule has 0 spiro atoms. The average molecular weight is 302 g/mol. The Morgan fingerprint density at radius 3 is 2.57 bits per heavy atom. The van der Waals surface area contributed by atoms with Crippen molar-refractivity contribution >= 4 is 17.3 Å². The van der Waals surface area contributed by atoms with Gasteiger partial charge in [-0.05, 0) is 35.4 Å². The Morgan fingerprint density at radius 2 is 1.86 bits per heavy atom. The summed E-state index contributed by atoms with van der Waals surface area (Å²) in [6.45, 7) is 0.489. The van der Waals surface area contributed by atoms with E-state index >= 15 is 0 Å². The van der Waals surface area contributed by atoms with Crippen molar-refractivity contribution in [2.45, 2.75) is 6.54 Å². The Kier molecular flexibility index (Phi) is 3.62. The molecule has 0 aliphatic rings. The molecule has 2 N–H and O–H groups in total. The number of nitrogen functional groups attached to an aromatic ring is 1. The van der Waals surface area contributed by atoms with Crippen LogP contribution in [0.25, 0.3) is 11.1 Å². The number of halogens is 2. The van der Waals surface area contributed by atoms with Gasteiger partial charge in [-0.15, -0.1) is 0 Å². The molecule has 0 aliphatic heterocycles. The molecule has 1 heterocycles. The smallest absolute Gasteiger partial charge is 0.142 e. The lowest BCUT2D eigenvalue weighted by atomic mass is 10.1. The molecule has 0 amide bonds. The van der Waals surface area contributed by atoms with Crippen LogP contribution in [0.4, 0.5) is 10.1 Å². The van der Waals surface area contributed by atoms with Gasteiger partial charge in [0.25, 0.3) is 0 Å². The van der Waals surface area contributed by atoms with Gasteiger partial charge in [0.2, 0.25) is 0 Å². The van der Waals surface area contributed by atoms with Gasteiger partial charge in [0.05, 0.1) is 17.8 Å². The monoisotopic (exact) mass is 301 g/mol. The summed E-state index contributed by atoms with van der Waals surface area (Å²) < 4.78 is 15.2. The molecule has 21 heavy (non-hydrogen) atoms. The highest BCUT2D eigenvalue weighted by atomic mass is 35.5. The summed E-state index contributed by atoms with van der Waals surface area (Å²) in [7, 11) is 0. The maximum absolute atomic E-state index is 13.4. The number of hydrogen-bond donors (Lipinski definition) is 1. The van der Waals surface area contributed by atoms with Crippen LogP contribution in [0.1, 0.15) is 5.56 Å². The van der Waals surface area contributed by atoms with Crippen LogP contribution in [0.3, 0.4) is 0 Å². The van der Waals surface area contributed by atoms with Crippen LogP contribution in [0.5, 0.6) is 0 Å². The van der Waals surface area contributed by atoms with Crippen molar-refractivity contribution < 1.29 is 4.39 Å². The van der Waals surface area contributed by atoms with Crippen molar-refractivity contribution in [2.75, 3.05) is 5.73 Å².